The molecular weight excluding hydrogens is 274 g/mol. The van der Waals surface area contributed by atoms with Gasteiger partial charge in [-0.25, -0.2) is 4.68 Å². The first-order chi connectivity index (χ1) is 9.65. The van der Waals surface area contributed by atoms with Crippen molar-refractivity contribution in [3.05, 3.63) is 0 Å². The summed E-state index contributed by atoms with van der Waals surface area (Å²) in [4.78, 5) is 14.4. The molecule has 2 aliphatic rings. The fourth-order valence-corrected chi connectivity index (χ4v) is 3.45. The van der Waals surface area contributed by atoms with Gasteiger partial charge >= 0.3 is 0 Å². The third-order valence-corrected chi connectivity index (χ3v) is 5.12. The number of hydrogen-bond acceptors (Lipinski definition) is 5. The van der Waals surface area contributed by atoms with E-state index < -0.39 is 0 Å². The third kappa shape index (κ3) is 2.97. The molecule has 1 atom stereocenters. The van der Waals surface area contributed by atoms with Crippen molar-refractivity contribution in [2.45, 2.75) is 56.0 Å². The molecule has 6 nitrogen and oxygen atoms in total. The number of thioether (sulfide) groups is 1. The van der Waals surface area contributed by atoms with Crippen LogP contribution in [0.2, 0.25) is 0 Å². The van der Waals surface area contributed by atoms with Gasteiger partial charge < -0.3 is 4.90 Å². The van der Waals surface area contributed by atoms with Crippen LogP contribution in [-0.2, 0) is 4.79 Å². The topological polar surface area (TPSA) is 63.9 Å². The number of amides is 1. The van der Waals surface area contributed by atoms with E-state index in [4.69, 9.17) is 0 Å². The molecule has 0 radical (unpaired) electrons. The monoisotopic (exact) mass is 295 g/mol. The van der Waals surface area contributed by atoms with E-state index in [2.05, 4.69) is 22.4 Å². The lowest BCUT2D eigenvalue weighted by Crippen LogP contribution is -2.41. The Labute approximate surface area is 123 Å². The van der Waals surface area contributed by atoms with E-state index in [1.54, 1.807) is 0 Å². The van der Waals surface area contributed by atoms with Gasteiger partial charge in [0.15, 0.2) is 0 Å². The number of likely N-dealkylation sites (tertiary alicyclic amines) is 1. The summed E-state index contributed by atoms with van der Waals surface area (Å²) >= 11 is 1.48. The first-order valence-corrected chi connectivity index (χ1v) is 8.26. The average molecular weight is 295 g/mol. The molecule has 2 fully saturated rings. The van der Waals surface area contributed by atoms with E-state index in [0.717, 1.165) is 49.8 Å². The second-order valence-corrected chi connectivity index (χ2v) is 7.21. The molecule has 1 aromatic heterocycles. The molecule has 1 saturated heterocycles. The van der Waals surface area contributed by atoms with E-state index in [1.165, 1.54) is 11.8 Å². The molecule has 1 unspecified atom stereocenters. The van der Waals surface area contributed by atoms with Gasteiger partial charge in [0.2, 0.25) is 11.1 Å². The second kappa shape index (κ2) is 5.71. The van der Waals surface area contributed by atoms with Crippen LogP contribution in [0.5, 0.6) is 0 Å². The maximum absolute atomic E-state index is 12.5. The molecule has 0 bridgehead atoms. The van der Waals surface area contributed by atoms with E-state index >= 15 is 0 Å². The highest BCUT2D eigenvalue weighted by molar-refractivity contribution is 8.00. The maximum Gasteiger partial charge on any atom is 0.235 e. The molecule has 1 aromatic rings. The summed E-state index contributed by atoms with van der Waals surface area (Å²) in [7, 11) is 0. The molecule has 3 rings (SSSR count). The molecule has 2 heterocycles. The molecule has 0 aromatic carbocycles. The van der Waals surface area contributed by atoms with Crippen molar-refractivity contribution >= 4 is 17.7 Å². The average Bonchev–Trinajstić information content (AvgIpc) is 3.19. The second-order valence-electron chi connectivity index (χ2n) is 5.91. The summed E-state index contributed by atoms with van der Waals surface area (Å²) < 4.78 is 1.87. The van der Waals surface area contributed by atoms with Gasteiger partial charge in [0, 0.05) is 13.1 Å². The third-order valence-electron chi connectivity index (χ3n) is 4.08. The summed E-state index contributed by atoms with van der Waals surface area (Å²) in [5.41, 5.74) is 0. The lowest BCUT2D eigenvalue weighted by Gasteiger charge is -2.31. The molecule has 1 amide bonds. The largest absolute Gasteiger partial charge is 0.342 e. The highest BCUT2D eigenvalue weighted by Gasteiger charge is 2.31. The Balaban J connectivity index is 1.59. The van der Waals surface area contributed by atoms with Crippen LogP contribution < -0.4 is 0 Å². The van der Waals surface area contributed by atoms with E-state index in [0.29, 0.717) is 6.04 Å². The van der Waals surface area contributed by atoms with Gasteiger partial charge in [0.25, 0.3) is 0 Å². The highest BCUT2D eigenvalue weighted by atomic mass is 32.2. The van der Waals surface area contributed by atoms with E-state index in [1.807, 2.05) is 16.5 Å². The minimum absolute atomic E-state index is 0.119. The van der Waals surface area contributed by atoms with E-state index in [-0.39, 0.29) is 11.2 Å². The van der Waals surface area contributed by atoms with Crippen LogP contribution in [-0.4, -0.2) is 49.4 Å². The van der Waals surface area contributed by atoms with Gasteiger partial charge in [-0.1, -0.05) is 18.7 Å². The molecule has 110 valence electrons. The van der Waals surface area contributed by atoms with Gasteiger partial charge in [0.05, 0.1) is 11.3 Å². The Morgan fingerprint density at radius 3 is 2.65 bits per heavy atom. The summed E-state index contributed by atoms with van der Waals surface area (Å²) in [5, 5.41) is 12.5. The summed E-state index contributed by atoms with van der Waals surface area (Å²) in [5.74, 6) is 0.955. The first kappa shape index (κ1) is 13.9. The summed E-state index contributed by atoms with van der Waals surface area (Å²) in [6.45, 7) is 5.98. The molecule has 0 N–H and O–H groups in total. The minimum Gasteiger partial charge on any atom is -0.342 e. The first-order valence-electron chi connectivity index (χ1n) is 7.38. The highest BCUT2D eigenvalue weighted by Crippen LogP contribution is 2.37. The fourth-order valence-electron chi connectivity index (χ4n) is 2.51. The molecule has 1 aliphatic heterocycles. The van der Waals surface area contributed by atoms with Crippen molar-refractivity contribution < 1.29 is 4.79 Å². The minimum atomic E-state index is -0.119. The number of tetrazole rings is 1. The van der Waals surface area contributed by atoms with Crippen molar-refractivity contribution in [2.75, 3.05) is 13.1 Å². The number of hydrogen-bond donors (Lipinski definition) is 0. The van der Waals surface area contributed by atoms with Crippen LogP contribution in [0.25, 0.3) is 0 Å². The Morgan fingerprint density at radius 1 is 1.30 bits per heavy atom. The number of aromatic nitrogens is 4. The van der Waals surface area contributed by atoms with Crippen molar-refractivity contribution in [3.8, 4) is 0 Å². The molecule has 7 heteroatoms. The van der Waals surface area contributed by atoms with Crippen LogP contribution in [0, 0.1) is 5.92 Å². The zero-order valence-corrected chi connectivity index (χ0v) is 12.8. The normalized spacial score (nSPS) is 22.0. The molecule has 0 spiro atoms. The van der Waals surface area contributed by atoms with Gasteiger partial charge in [0.1, 0.15) is 0 Å². The number of rotatable bonds is 4. The Morgan fingerprint density at radius 2 is 2.00 bits per heavy atom. The fraction of sp³-hybridized carbons (Fsp3) is 0.846. The smallest absolute Gasteiger partial charge is 0.235 e. The van der Waals surface area contributed by atoms with Crippen molar-refractivity contribution in [1.29, 1.82) is 0 Å². The van der Waals surface area contributed by atoms with Gasteiger partial charge in [-0.2, -0.15) is 0 Å². The quantitative estimate of drug-likeness (QED) is 0.792. The van der Waals surface area contributed by atoms with Gasteiger partial charge in [-0.15, -0.1) is 5.10 Å². The van der Waals surface area contributed by atoms with Crippen LogP contribution >= 0.6 is 11.8 Å². The van der Waals surface area contributed by atoms with Gasteiger partial charge in [-0.3, -0.25) is 4.79 Å². The zero-order chi connectivity index (χ0) is 14.1. The summed E-state index contributed by atoms with van der Waals surface area (Å²) in [6.07, 6.45) is 4.52. The molecular formula is C13H21N5OS. The lowest BCUT2D eigenvalue weighted by molar-refractivity contribution is -0.131. The Hall–Kier alpha value is -1.11. The predicted octanol–water partition coefficient (Wildman–Crippen LogP) is 1.75. The SMILES string of the molecule is CC1CCN(C(=O)C(C)Sc2nnnn2C2CC2)CC1. The van der Waals surface area contributed by atoms with Crippen LogP contribution in [0.15, 0.2) is 5.16 Å². The predicted molar refractivity (Wildman–Crippen MR) is 76.4 cm³/mol. The Bertz CT molecular complexity index is 479. The molecule has 1 saturated carbocycles. The molecule has 1 aliphatic carbocycles. The number of carbonyl (C=O) groups excluding carboxylic acids is 1. The van der Waals surface area contributed by atoms with Crippen molar-refractivity contribution in [1.82, 2.24) is 25.1 Å². The van der Waals surface area contributed by atoms with Crippen LogP contribution in [0.1, 0.15) is 45.6 Å². The van der Waals surface area contributed by atoms with Crippen LogP contribution in [0.3, 0.4) is 0 Å². The number of carbonyl (C=O) groups is 1. The van der Waals surface area contributed by atoms with E-state index in [9.17, 15) is 4.79 Å². The van der Waals surface area contributed by atoms with Crippen molar-refractivity contribution in [2.24, 2.45) is 5.92 Å². The maximum atomic E-state index is 12.5. The summed E-state index contributed by atoms with van der Waals surface area (Å²) in [6, 6.07) is 0.450. The van der Waals surface area contributed by atoms with Gasteiger partial charge in [-0.05, 0) is 49.0 Å². The van der Waals surface area contributed by atoms with Crippen LogP contribution in [0.4, 0.5) is 0 Å². The zero-order valence-electron chi connectivity index (χ0n) is 12.0. The number of nitrogens with zero attached hydrogens (tertiary/aromatic N) is 5. The Kier molecular flexibility index (Phi) is 3.96. The van der Waals surface area contributed by atoms with Crippen molar-refractivity contribution in [3.63, 3.8) is 0 Å². The molecule has 20 heavy (non-hydrogen) atoms. The standard InChI is InChI=1S/C13H21N5OS/c1-9-5-7-17(8-6-9)12(19)10(2)20-13-14-15-16-18(13)11-3-4-11/h9-11H,3-8H2,1-2H3. The lowest BCUT2D eigenvalue weighted by atomic mass is 9.99. The number of piperidine rings is 1.